The molecule has 0 atom stereocenters. The second-order valence-electron chi connectivity index (χ2n) is 3.92. The number of hydrogen-bond acceptors (Lipinski definition) is 2. The molecular formula is C14H11BrFNO2. The van der Waals surface area contributed by atoms with E-state index >= 15 is 0 Å². The normalized spacial score (nSPS) is 10.2. The Hall–Kier alpha value is -1.88. The van der Waals surface area contributed by atoms with E-state index in [0.29, 0.717) is 11.3 Å². The third kappa shape index (κ3) is 3.54. The predicted molar refractivity (Wildman–Crippen MR) is 73.4 cm³/mol. The van der Waals surface area contributed by atoms with Gasteiger partial charge in [-0.2, -0.15) is 0 Å². The molecule has 0 heterocycles. The Labute approximate surface area is 118 Å². The van der Waals surface area contributed by atoms with Crippen LogP contribution in [0.1, 0.15) is 15.9 Å². The molecule has 1 amide bonds. The second-order valence-corrected chi connectivity index (χ2v) is 4.84. The second kappa shape index (κ2) is 5.84. The van der Waals surface area contributed by atoms with Gasteiger partial charge in [-0.05, 0) is 35.9 Å². The Morgan fingerprint density at radius 1 is 1.26 bits per heavy atom. The summed E-state index contributed by atoms with van der Waals surface area (Å²) in [6.45, 7) is 0.166. The summed E-state index contributed by atoms with van der Waals surface area (Å²) in [6, 6.07) is 11.1. The Bertz CT molecular complexity index is 616. The van der Waals surface area contributed by atoms with Crippen LogP contribution in [-0.2, 0) is 6.61 Å². The molecule has 0 aliphatic heterocycles. The van der Waals surface area contributed by atoms with Gasteiger partial charge in [0, 0.05) is 4.47 Å². The van der Waals surface area contributed by atoms with Crippen molar-refractivity contribution in [2.75, 3.05) is 0 Å². The zero-order valence-corrected chi connectivity index (χ0v) is 11.5. The van der Waals surface area contributed by atoms with E-state index < -0.39 is 5.91 Å². The summed E-state index contributed by atoms with van der Waals surface area (Å²) < 4.78 is 19.3. The summed E-state index contributed by atoms with van der Waals surface area (Å²) in [7, 11) is 0. The van der Waals surface area contributed by atoms with Crippen molar-refractivity contribution in [3.8, 4) is 5.75 Å². The highest BCUT2D eigenvalue weighted by Crippen LogP contribution is 2.23. The number of ether oxygens (including phenoxy) is 1. The maximum absolute atomic E-state index is 13.0. The Balaban J connectivity index is 2.17. The van der Waals surface area contributed by atoms with Crippen LogP contribution in [0.25, 0.3) is 0 Å². The first-order chi connectivity index (χ1) is 9.06. The monoisotopic (exact) mass is 323 g/mol. The quantitative estimate of drug-likeness (QED) is 0.938. The van der Waals surface area contributed by atoms with Crippen molar-refractivity contribution in [3.05, 3.63) is 63.9 Å². The molecule has 19 heavy (non-hydrogen) atoms. The maximum Gasteiger partial charge on any atom is 0.252 e. The van der Waals surface area contributed by atoms with Gasteiger partial charge in [-0.3, -0.25) is 4.79 Å². The van der Waals surface area contributed by atoms with Crippen molar-refractivity contribution < 1.29 is 13.9 Å². The van der Waals surface area contributed by atoms with E-state index in [2.05, 4.69) is 15.9 Å². The molecule has 3 nitrogen and oxygen atoms in total. The molecular weight excluding hydrogens is 313 g/mol. The number of amides is 1. The van der Waals surface area contributed by atoms with Crippen molar-refractivity contribution >= 4 is 21.8 Å². The van der Waals surface area contributed by atoms with Crippen LogP contribution in [0.2, 0.25) is 0 Å². The molecule has 98 valence electrons. The van der Waals surface area contributed by atoms with Crippen LogP contribution < -0.4 is 10.5 Å². The molecule has 2 rings (SSSR count). The number of benzene rings is 2. The van der Waals surface area contributed by atoms with Gasteiger partial charge in [0.1, 0.15) is 18.2 Å². The molecule has 0 bridgehead atoms. The summed E-state index contributed by atoms with van der Waals surface area (Å²) >= 11 is 3.26. The van der Waals surface area contributed by atoms with Crippen LogP contribution in [0.4, 0.5) is 4.39 Å². The molecule has 0 aromatic heterocycles. The summed E-state index contributed by atoms with van der Waals surface area (Å²) in [6.07, 6.45) is 0. The summed E-state index contributed by atoms with van der Waals surface area (Å²) in [5.41, 5.74) is 6.24. The Morgan fingerprint density at radius 2 is 2.05 bits per heavy atom. The highest BCUT2D eigenvalue weighted by atomic mass is 79.9. The van der Waals surface area contributed by atoms with Crippen LogP contribution in [-0.4, -0.2) is 5.91 Å². The minimum Gasteiger partial charge on any atom is -0.488 e. The van der Waals surface area contributed by atoms with Gasteiger partial charge in [0.2, 0.25) is 0 Å². The summed E-state index contributed by atoms with van der Waals surface area (Å²) in [5.74, 6) is -0.525. The lowest BCUT2D eigenvalue weighted by Crippen LogP contribution is -2.13. The highest BCUT2D eigenvalue weighted by molar-refractivity contribution is 9.10. The molecule has 0 unspecified atom stereocenters. The van der Waals surface area contributed by atoms with E-state index in [-0.39, 0.29) is 18.0 Å². The fraction of sp³-hybridized carbons (Fsp3) is 0.0714. The first-order valence-corrected chi connectivity index (χ1v) is 6.32. The average Bonchev–Trinajstić information content (AvgIpc) is 2.37. The lowest BCUT2D eigenvalue weighted by atomic mass is 10.2. The van der Waals surface area contributed by atoms with E-state index in [1.54, 1.807) is 30.3 Å². The largest absolute Gasteiger partial charge is 0.488 e. The van der Waals surface area contributed by atoms with E-state index in [4.69, 9.17) is 10.5 Å². The molecule has 0 radical (unpaired) electrons. The standard InChI is InChI=1S/C14H11BrFNO2/c15-10-4-5-13(12(7-10)14(17)18)19-8-9-2-1-3-11(16)6-9/h1-7H,8H2,(H2,17,18). The molecule has 2 aromatic carbocycles. The van der Waals surface area contributed by atoms with Gasteiger partial charge in [0.25, 0.3) is 5.91 Å². The minimum atomic E-state index is -0.574. The topological polar surface area (TPSA) is 52.3 Å². The van der Waals surface area contributed by atoms with E-state index in [9.17, 15) is 9.18 Å². The van der Waals surface area contributed by atoms with Crippen LogP contribution in [0.3, 0.4) is 0 Å². The maximum atomic E-state index is 13.0. The third-order valence-corrected chi connectivity index (χ3v) is 2.98. The van der Waals surface area contributed by atoms with Gasteiger partial charge in [-0.1, -0.05) is 28.1 Å². The van der Waals surface area contributed by atoms with Crippen LogP contribution in [0, 0.1) is 5.82 Å². The predicted octanol–water partition coefficient (Wildman–Crippen LogP) is 3.27. The van der Waals surface area contributed by atoms with Crippen molar-refractivity contribution in [3.63, 3.8) is 0 Å². The van der Waals surface area contributed by atoms with Crippen molar-refractivity contribution in [2.45, 2.75) is 6.61 Å². The summed E-state index contributed by atoms with van der Waals surface area (Å²) in [5, 5.41) is 0. The Kier molecular flexibility index (Phi) is 4.16. The fourth-order valence-corrected chi connectivity index (χ4v) is 1.97. The van der Waals surface area contributed by atoms with Crippen LogP contribution in [0.15, 0.2) is 46.9 Å². The van der Waals surface area contributed by atoms with E-state index in [1.807, 2.05) is 0 Å². The molecule has 0 spiro atoms. The third-order valence-electron chi connectivity index (χ3n) is 2.49. The molecule has 5 heteroatoms. The molecule has 2 N–H and O–H groups in total. The number of hydrogen-bond donors (Lipinski definition) is 1. The fourth-order valence-electron chi connectivity index (χ4n) is 1.61. The number of rotatable bonds is 4. The molecule has 0 aliphatic carbocycles. The number of primary amides is 1. The molecule has 0 aliphatic rings. The van der Waals surface area contributed by atoms with Crippen molar-refractivity contribution in [2.24, 2.45) is 5.73 Å². The minimum absolute atomic E-state index is 0.166. The van der Waals surface area contributed by atoms with Gasteiger partial charge in [-0.25, -0.2) is 4.39 Å². The lowest BCUT2D eigenvalue weighted by molar-refractivity contribution is 0.0996. The first-order valence-electron chi connectivity index (χ1n) is 5.53. The number of nitrogens with two attached hydrogens (primary N) is 1. The molecule has 0 saturated carbocycles. The van der Waals surface area contributed by atoms with Gasteiger partial charge in [0.05, 0.1) is 5.56 Å². The van der Waals surface area contributed by atoms with E-state index in [1.165, 1.54) is 12.1 Å². The SMILES string of the molecule is NC(=O)c1cc(Br)ccc1OCc1cccc(F)c1. The molecule has 0 saturated heterocycles. The van der Waals surface area contributed by atoms with Crippen LogP contribution >= 0.6 is 15.9 Å². The van der Waals surface area contributed by atoms with Gasteiger partial charge < -0.3 is 10.5 Å². The summed E-state index contributed by atoms with van der Waals surface area (Å²) in [4.78, 5) is 11.3. The smallest absolute Gasteiger partial charge is 0.252 e. The lowest BCUT2D eigenvalue weighted by Gasteiger charge is -2.10. The molecule has 0 fully saturated rings. The number of carbonyl (C=O) groups excluding carboxylic acids is 1. The molecule has 2 aromatic rings. The number of halogens is 2. The first kappa shape index (κ1) is 13.5. The van der Waals surface area contributed by atoms with Gasteiger partial charge in [-0.15, -0.1) is 0 Å². The number of carbonyl (C=O) groups is 1. The highest BCUT2D eigenvalue weighted by Gasteiger charge is 2.10. The van der Waals surface area contributed by atoms with Gasteiger partial charge in [0.15, 0.2) is 0 Å². The zero-order valence-electron chi connectivity index (χ0n) is 9.90. The van der Waals surface area contributed by atoms with Crippen LogP contribution in [0.5, 0.6) is 5.75 Å². The zero-order chi connectivity index (χ0) is 13.8. The van der Waals surface area contributed by atoms with Crippen molar-refractivity contribution in [1.29, 1.82) is 0 Å². The Morgan fingerprint density at radius 3 is 2.74 bits per heavy atom. The average molecular weight is 324 g/mol. The van der Waals surface area contributed by atoms with Gasteiger partial charge >= 0.3 is 0 Å². The van der Waals surface area contributed by atoms with E-state index in [0.717, 1.165) is 4.47 Å². The van der Waals surface area contributed by atoms with Crippen molar-refractivity contribution in [1.82, 2.24) is 0 Å².